The van der Waals surface area contributed by atoms with Gasteiger partial charge in [0, 0.05) is 68.3 Å². The molecule has 1 aliphatic carbocycles. The fourth-order valence-electron chi connectivity index (χ4n) is 6.37. The number of nitrogens with one attached hydrogen (secondary N) is 2. The molecule has 3 aromatic rings. The van der Waals surface area contributed by atoms with Crippen LogP contribution in [0.4, 0.5) is 17.6 Å². The van der Waals surface area contributed by atoms with Crippen LogP contribution in [0.3, 0.4) is 0 Å². The molecule has 0 aromatic carbocycles. The quantitative estimate of drug-likeness (QED) is 0.409. The highest BCUT2D eigenvalue weighted by Crippen LogP contribution is 2.36. The largest absolute Gasteiger partial charge is 0.381 e. The van der Waals surface area contributed by atoms with Gasteiger partial charge in [0.25, 0.3) is 0 Å². The van der Waals surface area contributed by atoms with Crippen LogP contribution in [0.2, 0.25) is 0 Å². The van der Waals surface area contributed by atoms with Crippen LogP contribution < -0.4 is 15.5 Å². The van der Waals surface area contributed by atoms with Crippen molar-refractivity contribution < 1.29 is 9.53 Å². The van der Waals surface area contributed by atoms with Crippen molar-refractivity contribution in [1.29, 1.82) is 0 Å². The number of fused-ring (bicyclic) bond motifs is 1. The van der Waals surface area contributed by atoms with Crippen LogP contribution in [0.25, 0.3) is 10.9 Å². The molecule has 0 radical (unpaired) electrons. The van der Waals surface area contributed by atoms with Gasteiger partial charge in [0.2, 0.25) is 5.95 Å². The molecule has 0 atom stereocenters. The van der Waals surface area contributed by atoms with E-state index in [0.717, 1.165) is 98.8 Å². The van der Waals surface area contributed by atoms with E-state index >= 15 is 0 Å². The first-order valence-corrected chi connectivity index (χ1v) is 14.3. The fourth-order valence-corrected chi connectivity index (χ4v) is 6.37. The maximum absolute atomic E-state index is 13.5. The van der Waals surface area contributed by atoms with Gasteiger partial charge in [-0.25, -0.2) is 9.97 Å². The number of rotatable bonds is 8. The number of nitrogens with zero attached hydrogens (tertiary/aromatic N) is 5. The van der Waals surface area contributed by atoms with Gasteiger partial charge in [-0.2, -0.15) is 4.98 Å². The number of ketones is 1. The van der Waals surface area contributed by atoms with Crippen molar-refractivity contribution in [3.8, 4) is 0 Å². The maximum Gasteiger partial charge on any atom is 0.227 e. The van der Waals surface area contributed by atoms with Crippen molar-refractivity contribution in [2.75, 3.05) is 43.5 Å². The lowest BCUT2D eigenvalue weighted by molar-refractivity contribution is 0.0816. The summed E-state index contributed by atoms with van der Waals surface area (Å²) < 4.78 is 7.84. The number of pyridine rings is 1. The number of hydrogen-bond acceptors (Lipinski definition) is 8. The van der Waals surface area contributed by atoms with Gasteiger partial charge in [0.05, 0.1) is 11.6 Å². The Morgan fingerprint density at radius 3 is 2.63 bits per heavy atom. The van der Waals surface area contributed by atoms with Gasteiger partial charge in [0.15, 0.2) is 5.78 Å². The average molecular weight is 518 g/mol. The lowest BCUT2D eigenvalue weighted by Crippen LogP contribution is -2.37. The monoisotopic (exact) mass is 517 g/mol. The molecule has 6 rings (SSSR count). The number of hydrogen-bond donors (Lipinski definition) is 2. The molecule has 2 N–H and O–H groups in total. The first kappa shape index (κ1) is 25.2. The Hall–Kier alpha value is -3.04. The molecule has 0 amide bonds. The molecule has 202 valence electrons. The van der Waals surface area contributed by atoms with Crippen molar-refractivity contribution in [3.05, 3.63) is 36.3 Å². The number of methoxy groups -OCH3 is 1. The Kier molecular flexibility index (Phi) is 7.56. The zero-order chi connectivity index (χ0) is 25.9. The summed E-state index contributed by atoms with van der Waals surface area (Å²) in [4.78, 5) is 29.7. The molecule has 9 nitrogen and oxygen atoms in total. The van der Waals surface area contributed by atoms with Gasteiger partial charge in [0.1, 0.15) is 11.6 Å². The summed E-state index contributed by atoms with van der Waals surface area (Å²) in [6.07, 6.45) is 15.6. The first-order chi connectivity index (χ1) is 18.7. The number of piperidine rings is 2. The molecule has 3 aromatic heterocycles. The maximum atomic E-state index is 13.5. The molecule has 38 heavy (non-hydrogen) atoms. The van der Waals surface area contributed by atoms with Crippen molar-refractivity contribution in [3.63, 3.8) is 0 Å². The predicted molar refractivity (Wildman–Crippen MR) is 149 cm³/mol. The number of Topliss-reactive ketones (excluding diaryl/α,β-unsaturated/α-hetero) is 1. The van der Waals surface area contributed by atoms with E-state index in [-0.39, 0.29) is 5.78 Å². The average Bonchev–Trinajstić information content (AvgIpc) is 3.62. The molecule has 9 heteroatoms. The highest BCUT2D eigenvalue weighted by atomic mass is 16.5. The molecule has 3 fully saturated rings. The van der Waals surface area contributed by atoms with Gasteiger partial charge in [-0.1, -0.05) is 12.8 Å². The van der Waals surface area contributed by atoms with Crippen LogP contribution in [0, 0.1) is 5.92 Å². The molecule has 5 heterocycles. The number of anilines is 3. The molecule has 2 saturated heterocycles. The van der Waals surface area contributed by atoms with Crippen LogP contribution in [0.1, 0.15) is 74.2 Å². The highest BCUT2D eigenvalue weighted by Gasteiger charge is 2.25. The second-order valence-electron chi connectivity index (χ2n) is 11.1. The summed E-state index contributed by atoms with van der Waals surface area (Å²) in [6.45, 7) is 3.79. The van der Waals surface area contributed by atoms with E-state index in [2.05, 4.69) is 37.3 Å². The molecular weight excluding hydrogens is 478 g/mol. The molecule has 3 aliphatic rings. The summed E-state index contributed by atoms with van der Waals surface area (Å²) in [5, 5.41) is 7.76. The van der Waals surface area contributed by atoms with Gasteiger partial charge in [-0.05, 0) is 63.6 Å². The Labute approximate surface area is 224 Å². The third-order valence-corrected chi connectivity index (χ3v) is 8.63. The lowest BCUT2D eigenvalue weighted by Gasteiger charge is -2.31. The van der Waals surface area contributed by atoms with Crippen LogP contribution in [0.15, 0.2) is 30.7 Å². The smallest absolute Gasteiger partial charge is 0.227 e. The summed E-state index contributed by atoms with van der Waals surface area (Å²) >= 11 is 0. The number of aromatic nitrogens is 4. The van der Waals surface area contributed by atoms with E-state index < -0.39 is 0 Å². The third-order valence-electron chi connectivity index (χ3n) is 8.63. The zero-order valence-electron chi connectivity index (χ0n) is 22.4. The van der Waals surface area contributed by atoms with Gasteiger partial charge in [-0.15, -0.1) is 0 Å². The Morgan fingerprint density at radius 2 is 1.87 bits per heavy atom. The topological polar surface area (TPSA) is 97.2 Å². The van der Waals surface area contributed by atoms with Crippen LogP contribution >= 0.6 is 0 Å². The molecule has 0 spiro atoms. The fraction of sp³-hybridized carbons (Fsp3) is 0.586. The van der Waals surface area contributed by atoms with Crippen molar-refractivity contribution in [1.82, 2.24) is 24.8 Å². The van der Waals surface area contributed by atoms with Crippen molar-refractivity contribution in [2.45, 2.75) is 69.9 Å². The minimum Gasteiger partial charge on any atom is -0.381 e. The van der Waals surface area contributed by atoms with E-state index in [0.29, 0.717) is 24.5 Å². The molecular formula is C29H39N7O2. The van der Waals surface area contributed by atoms with E-state index in [4.69, 9.17) is 14.7 Å². The summed E-state index contributed by atoms with van der Waals surface area (Å²) in [7, 11) is 1.78. The normalized spacial score (nSPS) is 19.9. The third kappa shape index (κ3) is 5.40. The Morgan fingerprint density at radius 1 is 1.08 bits per heavy atom. The molecule has 2 aliphatic heterocycles. The SMILES string of the molecule is COC1CCN(c2nccc(Nc3cc4c(cn3)c(C(=O)CC3CCNCC3)cn4C3CCCC3)n2)CC1. The molecule has 1 saturated carbocycles. The second kappa shape index (κ2) is 11.4. The Balaban J connectivity index is 1.25. The van der Waals surface area contributed by atoms with E-state index in [1.54, 1.807) is 13.3 Å². The van der Waals surface area contributed by atoms with E-state index in [1.807, 2.05) is 12.3 Å². The number of ether oxygens (including phenoxy) is 1. The summed E-state index contributed by atoms with van der Waals surface area (Å²) in [5.41, 5.74) is 1.91. The van der Waals surface area contributed by atoms with Crippen LogP contribution in [-0.4, -0.2) is 64.7 Å². The minimum atomic E-state index is 0.249. The van der Waals surface area contributed by atoms with Gasteiger partial charge < -0.3 is 24.8 Å². The van der Waals surface area contributed by atoms with E-state index in [9.17, 15) is 4.79 Å². The number of carbonyl (C=O) groups excluding carboxylic acids is 1. The Bertz CT molecular complexity index is 1260. The lowest BCUT2D eigenvalue weighted by atomic mass is 9.91. The first-order valence-electron chi connectivity index (χ1n) is 14.3. The highest BCUT2D eigenvalue weighted by molar-refractivity contribution is 6.08. The van der Waals surface area contributed by atoms with Gasteiger partial charge >= 0.3 is 0 Å². The molecule has 0 unspecified atom stereocenters. The zero-order valence-corrected chi connectivity index (χ0v) is 22.4. The van der Waals surface area contributed by atoms with Crippen LogP contribution in [0.5, 0.6) is 0 Å². The van der Waals surface area contributed by atoms with E-state index in [1.165, 1.54) is 12.8 Å². The molecule has 0 bridgehead atoms. The van der Waals surface area contributed by atoms with Crippen molar-refractivity contribution >= 4 is 34.3 Å². The van der Waals surface area contributed by atoms with Crippen molar-refractivity contribution in [2.24, 2.45) is 5.92 Å². The predicted octanol–water partition coefficient (Wildman–Crippen LogP) is 4.87. The van der Waals surface area contributed by atoms with Gasteiger partial charge in [-0.3, -0.25) is 4.79 Å². The minimum absolute atomic E-state index is 0.249. The standard InChI is InChI=1S/C29H39N7O2/c1-38-22-9-14-35(15-10-22)29-31-13-8-27(34-29)33-28-17-25-23(18-32-28)24(19-36(25)21-4-2-3-5-21)26(37)16-20-6-11-30-12-7-20/h8,13,17-22,30H,2-7,9-12,14-16H2,1H3,(H,31,32,33,34). The second-order valence-corrected chi connectivity index (χ2v) is 11.1. The number of carbonyl (C=O) groups is 1. The van der Waals surface area contributed by atoms with Crippen LogP contribution in [-0.2, 0) is 4.74 Å². The summed E-state index contributed by atoms with van der Waals surface area (Å²) in [6, 6.07) is 4.40. The summed E-state index contributed by atoms with van der Waals surface area (Å²) in [5.74, 6) is 2.89.